The quantitative estimate of drug-likeness (QED) is 0.281. The highest BCUT2D eigenvalue weighted by atomic mass is 16.6. The van der Waals surface area contributed by atoms with Crippen LogP contribution in [0.3, 0.4) is 0 Å². The van der Waals surface area contributed by atoms with E-state index in [4.69, 9.17) is 0 Å². The van der Waals surface area contributed by atoms with Crippen molar-refractivity contribution in [2.45, 2.75) is 0 Å². The van der Waals surface area contributed by atoms with Crippen LogP contribution in [0.4, 0.5) is 5.69 Å². The number of nitro benzene ring substituents is 1. The minimum atomic E-state index is -0.492. The highest BCUT2D eigenvalue weighted by Crippen LogP contribution is 2.09. The number of nitrogens with one attached hydrogen (secondary N) is 1. The Morgan fingerprint density at radius 3 is 2.33 bits per heavy atom. The van der Waals surface area contributed by atoms with Crippen LogP contribution in [0.25, 0.3) is 0 Å². The van der Waals surface area contributed by atoms with Crippen molar-refractivity contribution in [3.63, 3.8) is 0 Å². The number of benzene rings is 1. The molecule has 0 aliphatic carbocycles. The topological polar surface area (TPSA) is 80.2 Å². The van der Waals surface area contributed by atoms with Gasteiger partial charge in [0.25, 0.3) is 5.69 Å². The summed E-state index contributed by atoms with van der Waals surface area (Å²) in [6.07, 6.45) is 1.21. The number of non-ortho nitro benzene ring substituents is 1. The molecule has 5 nitrogen and oxygen atoms in total. The summed E-state index contributed by atoms with van der Waals surface area (Å²) in [4.78, 5) is 9.70. The maximum absolute atomic E-state index is 10.2. The Bertz CT molecular complexity index is 305. The van der Waals surface area contributed by atoms with Gasteiger partial charge in [-0.3, -0.25) is 10.1 Å². The predicted octanol–water partition coefficient (Wildman–Crippen LogP) is -0.408. The molecule has 0 aliphatic heterocycles. The second kappa shape index (κ2) is 3.47. The third-order valence-electron chi connectivity index (χ3n) is 1.33. The first-order valence-electron chi connectivity index (χ1n) is 3.19. The van der Waals surface area contributed by atoms with Crippen LogP contribution in [0.1, 0.15) is 5.56 Å². The van der Waals surface area contributed by atoms with Crippen LogP contribution in [0.15, 0.2) is 24.3 Å². The van der Waals surface area contributed by atoms with Gasteiger partial charge in [0.2, 0.25) is 0 Å². The van der Waals surface area contributed by atoms with Crippen LogP contribution < -0.4 is 5.16 Å². The van der Waals surface area contributed by atoms with E-state index in [-0.39, 0.29) is 5.69 Å². The fourth-order valence-corrected chi connectivity index (χ4v) is 0.760. The van der Waals surface area contributed by atoms with E-state index in [2.05, 4.69) is 0 Å². The molecule has 0 aromatic heterocycles. The van der Waals surface area contributed by atoms with Gasteiger partial charge in [-0.15, -0.1) is 0 Å². The van der Waals surface area contributed by atoms with Crippen molar-refractivity contribution in [3.8, 4) is 0 Å². The first kappa shape index (κ1) is 8.19. The molecule has 0 bridgehead atoms. The summed E-state index contributed by atoms with van der Waals surface area (Å²) in [5, 5.41) is 21.7. The number of nitro groups is 1. The van der Waals surface area contributed by atoms with Gasteiger partial charge in [-0.25, -0.2) is 5.16 Å². The third-order valence-corrected chi connectivity index (χ3v) is 1.33. The van der Waals surface area contributed by atoms with Crippen LogP contribution in [-0.4, -0.2) is 11.1 Å². The Morgan fingerprint density at radius 1 is 1.33 bits per heavy atom. The smallest absolute Gasteiger partial charge is 0.269 e. The molecule has 0 amide bonds. The second-order valence-electron chi connectivity index (χ2n) is 2.11. The number of rotatable bonds is 2. The normalized spacial score (nSPS) is 10.3. The molecule has 0 radical (unpaired) electrons. The van der Waals surface area contributed by atoms with E-state index in [1.54, 1.807) is 5.16 Å². The zero-order valence-electron chi connectivity index (χ0n) is 6.06. The van der Waals surface area contributed by atoms with E-state index < -0.39 is 4.92 Å². The Morgan fingerprint density at radius 2 is 1.92 bits per heavy atom. The third kappa shape index (κ3) is 1.79. The van der Waals surface area contributed by atoms with Crippen molar-refractivity contribution in [3.05, 3.63) is 45.2 Å². The predicted molar refractivity (Wildman–Crippen MR) is 42.6 cm³/mol. The molecule has 0 spiro atoms. The SMILES string of the molecule is O=[N+]([O-])c1ccc(C=[NH+][O-])cc1. The molecule has 0 saturated heterocycles. The second-order valence-corrected chi connectivity index (χ2v) is 2.11. The fourth-order valence-electron chi connectivity index (χ4n) is 0.760. The molecule has 0 unspecified atom stereocenters. The molecular formula is C7H6N2O3. The van der Waals surface area contributed by atoms with Crippen molar-refractivity contribution in [2.75, 3.05) is 0 Å². The van der Waals surface area contributed by atoms with Gasteiger partial charge in [0.1, 0.15) is 0 Å². The molecule has 1 aromatic rings. The van der Waals surface area contributed by atoms with Gasteiger partial charge in [0.05, 0.1) is 4.92 Å². The monoisotopic (exact) mass is 166 g/mol. The van der Waals surface area contributed by atoms with Crippen molar-refractivity contribution < 1.29 is 10.1 Å². The molecule has 0 aliphatic rings. The molecule has 1 aromatic carbocycles. The van der Waals surface area contributed by atoms with Gasteiger partial charge in [-0.05, 0) is 12.1 Å². The summed E-state index contributed by atoms with van der Waals surface area (Å²) >= 11 is 0. The minimum absolute atomic E-state index is 0.0121. The van der Waals surface area contributed by atoms with Crippen molar-refractivity contribution in [1.29, 1.82) is 0 Å². The number of hydrogen-bond acceptors (Lipinski definition) is 3. The molecule has 0 fully saturated rings. The highest BCUT2D eigenvalue weighted by Gasteiger charge is 2.02. The maximum atomic E-state index is 10.2. The van der Waals surface area contributed by atoms with E-state index in [0.717, 1.165) is 0 Å². The minimum Gasteiger partial charge on any atom is -0.625 e. The molecule has 0 atom stereocenters. The van der Waals surface area contributed by atoms with Gasteiger partial charge in [-0.1, -0.05) is 0 Å². The average Bonchev–Trinajstić information content (AvgIpc) is 2.06. The van der Waals surface area contributed by atoms with Crippen molar-refractivity contribution in [1.82, 2.24) is 0 Å². The summed E-state index contributed by atoms with van der Waals surface area (Å²) in [7, 11) is 0. The summed E-state index contributed by atoms with van der Waals surface area (Å²) in [6, 6.07) is 5.65. The van der Waals surface area contributed by atoms with E-state index in [9.17, 15) is 15.3 Å². The maximum Gasteiger partial charge on any atom is 0.269 e. The van der Waals surface area contributed by atoms with Gasteiger partial charge >= 0.3 is 0 Å². The first-order valence-corrected chi connectivity index (χ1v) is 3.19. The van der Waals surface area contributed by atoms with Crippen LogP contribution in [0, 0.1) is 15.3 Å². The van der Waals surface area contributed by atoms with Gasteiger partial charge in [-0.2, -0.15) is 0 Å². The van der Waals surface area contributed by atoms with E-state index in [0.29, 0.717) is 5.56 Å². The lowest BCUT2D eigenvalue weighted by molar-refractivity contribution is -0.384. The average molecular weight is 166 g/mol. The molecule has 62 valence electrons. The van der Waals surface area contributed by atoms with Crippen molar-refractivity contribution in [2.24, 2.45) is 0 Å². The Balaban J connectivity index is 2.93. The zero-order chi connectivity index (χ0) is 8.97. The summed E-state index contributed by atoms with van der Waals surface area (Å²) in [5.41, 5.74) is 0.619. The lowest BCUT2D eigenvalue weighted by Crippen LogP contribution is -2.60. The first-order chi connectivity index (χ1) is 5.74. The van der Waals surface area contributed by atoms with E-state index in [1.165, 1.54) is 30.5 Å². The Hall–Kier alpha value is -1.91. The zero-order valence-corrected chi connectivity index (χ0v) is 6.06. The van der Waals surface area contributed by atoms with Crippen LogP contribution >= 0.6 is 0 Å². The summed E-state index contributed by atoms with van der Waals surface area (Å²) < 4.78 is 0. The van der Waals surface area contributed by atoms with Gasteiger partial charge in [0.15, 0.2) is 6.21 Å². The van der Waals surface area contributed by atoms with Crippen molar-refractivity contribution >= 4 is 11.9 Å². The molecular weight excluding hydrogens is 160 g/mol. The van der Waals surface area contributed by atoms with Gasteiger partial charge < -0.3 is 5.21 Å². The molecule has 12 heavy (non-hydrogen) atoms. The molecule has 5 heteroatoms. The largest absolute Gasteiger partial charge is 0.625 e. The van der Waals surface area contributed by atoms with E-state index in [1.807, 2.05) is 0 Å². The van der Waals surface area contributed by atoms with Gasteiger partial charge in [0, 0.05) is 17.7 Å². The van der Waals surface area contributed by atoms with Crippen LogP contribution in [-0.2, 0) is 0 Å². The van der Waals surface area contributed by atoms with E-state index >= 15 is 0 Å². The standard InChI is InChI=1S/C7H6N2O3/c10-8-5-6-1-3-7(4-2-6)9(11)12/h1-5,8H. The fraction of sp³-hybridized carbons (Fsp3) is 0. The highest BCUT2D eigenvalue weighted by molar-refractivity contribution is 5.75. The molecule has 1 rings (SSSR count). The van der Waals surface area contributed by atoms with Crippen LogP contribution in [0.5, 0.6) is 0 Å². The lowest BCUT2D eigenvalue weighted by Gasteiger charge is -1.90. The molecule has 0 saturated carbocycles. The molecule has 0 heterocycles. The Kier molecular flexibility index (Phi) is 2.37. The molecule has 1 N–H and O–H groups in total. The summed E-state index contributed by atoms with van der Waals surface area (Å²) in [5.74, 6) is 0. The Labute approximate surface area is 68.1 Å². The lowest BCUT2D eigenvalue weighted by atomic mass is 10.2. The summed E-state index contributed by atoms with van der Waals surface area (Å²) in [6.45, 7) is 0. The number of hydrogen-bond donors (Lipinski definition) is 1. The van der Waals surface area contributed by atoms with Crippen LogP contribution in [0.2, 0.25) is 0 Å². The number of nitrogens with zero attached hydrogens (tertiary/aromatic N) is 1.